The lowest BCUT2D eigenvalue weighted by Crippen LogP contribution is -2.44. The molecule has 4 rings (SSSR count). The van der Waals surface area contributed by atoms with Gasteiger partial charge >= 0.3 is 5.97 Å². The molecule has 0 spiro atoms. The van der Waals surface area contributed by atoms with Crippen molar-refractivity contribution < 1.29 is 19.0 Å². The van der Waals surface area contributed by atoms with E-state index in [1.165, 1.54) is 6.42 Å². The molecule has 8 unspecified atom stereocenters. The van der Waals surface area contributed by atoms with E-state index in [4.69, 9.17) is 14.2 Å². The molecule has 0 aromatic carbocycles. The van der Waals surface area contributed by atoms with E-state index in [-0.39, 0.29) is 42.2 Å². The summed E-state index contributed by atoms with van der Waals surface area (Å²) >= 11 is 0. The molecule has 4 nitrogen and oxygen atoms in total. The van der Waals surface area contributed by atoms with E-state index in [2.05, 4.69) is 39.8 Å². The Kier molecular flexibility index (Phi) is 3.62. The number of rotatable bonds is 4. The Morgan fingerprint density at radius 3 is 2.48 bits per heavy atom. The van der Waals surface area contributed by atoms with Gasteiger partial charge in [0.15, 0.2) is 6.79 Å². The standard InChI is InChI=1S/C19H28O4/c1-10-13(18(20)22-9-21-8-19(2,3)4)17-15-12-6-5-11(7-12)14(15)16(10)23-17/h5-6,10-17H,7-9H2,1-4H3. The van der Waals surface area contributed by atoms with E-state index >= 15 is 0 Å². The number of esters is 1. The van der Waals surface area contributed by atoms with Gasteiger partial charge < -0.3 is 14.2 Å². The first-order chi connectivity index (χ1) is 10.9. The van der Waals surface area contributed by atoms with Gasteiger partial charge in [-0.15, -0.1) is 0 Å². The van der Waals surface area contributed by atoms with Crippen LogP contribution in [-0.2, 0) is 19.0 Å². The number of allylic oxidation sites excluding steroid dienone is 2. The maximum atomic E-state index is 12.6. The molecule has 0 aromatic rings. The number of hydrogen-bond donors (Lipinski definition) is 0. The second-order valence-electron chi connectivity index (χ2n) is 9.04. The van der Waals surface area contributed by atoms with Gasteiger partial charge in [-0.05, 0) is 41.4 Å². The molecular formula is C19H28O4. The molecule has 128 valence electrons. The van der Waals surface area contributed by atoms with Crippen LogP contribution in [0.15, 0.2) is 12.2 Å². The fourth-order valence-corrected chi connectivity index (χ4v) is 5.38. The lowest BCUT2D eigenvalue weighted by molar-refractivity contribution is -0.167. The van der Waals surface area contributed by atoms with Crippen LogP contribution in [0, 0.1) is 40.9 Å². The van der Waals surface area contributed by atoms with Crippen LogP contribution in [0.5, 0.6) is 0 Å². The van der Waals surface area contributed by atoms with Gasteiger partial charge in [0.25, 0.3) is 0 Å². The zero-order valence-electron chi connectivity index (χ0n) is 14.5. The molecule has 0 aromatic heterocycles. The molecule has 0 N–H and O–H groups in total. The van der Waals surface area contributed by atoms with Crippen molar-refractivity contribution in [2.75, 3.05) is 13.4 Å². The van der Waals surface area contributed by atoms with Crippen LogP contribution in [-0.4, -0.2) is 31.6 Å². The number of fused-ring (bicyclic) bond motifs is 9. The molecule has 1 saturated carbocycles. The van der Waals surface area contributed by atoms with Gasteiger partial charge in [0, 0.05) is 0 Å². The largest absolute Gasteiger partial charge is 0.438 e. The van der Waals surface area contributed by atoms with Gasteiger partial charge in [-0.25, -0.2) is 0 Å². The van der Waals surface area contributed by atoms with E-state index in [9.17, 15) is 4.79 Å². The summed E-state index contributed by atoms with van der Waals surface area (Å²) in [5.74, 6) is 2.44. The summed E-state index contributed by atoms with van der Waals surface area (Å²) in [7, 11) is 0. The minimum atomic E-state index is -0.135. The first kappa shape index (κ1) is 15.6. The smallest absolute Gasteiger partial charge is 0.314 e. The Bertz CT molecular complexity index is 520. The number of hydrogen-bond acceptors (Lipinski definition) is 4. The summed E-state index contributed by atoms with van der Waals surface area (Å²) < 4.78 is 17.1. The Balaban J connectivity index is 1.37. The van der Waals surface area contributed by atoms with Crippen molar-refractivity contribution in [2.24, 2.45) is 40.9 Å². The van der Waals surface area contributed by atoms with Crippen molar-refractivity contribution in [3.63, 3.8) is 0 Å². The molecule has 23 heavy (non-hydrogen) atoms. The maximum absolute atomic E-state index is 12.6. The fraction of sp³-hybridized carbons (Fsp3) is 0.842. The molecule has 0 amide bonds. The summed E-state index contributed by atoms with van der Waals surface area (Å²) in [6.07, 6.45) is 6.26. The molecule has 2 saturated heterocycles. The lowest BCUT2D eigenvalue weighted by atomic mass is 9.65. The normalized spacial score (nSPS) is 46.4. The Hall–Kier alpha value is -0.870. The summed E-state index contributed by atoms with van der Waals surface area (Å²) in [5.41, 5.74) is 0.0812. The quantitative estimate of drug-likeness (QED) is 0.346. The van der Waals surface area contributed by atoms with E-state index in [1.54, 1.807) is 0 Å². The molecule has 2 aliphatic carbocycles. The average Bonchev–Trinajstić information content (AvgIpc) is 3.19. The highest BCUT2D eigenvalue weighted by Gasteiger charge is 2.66. The SMILES string of the molecule is CC1C2OC(C1C(=O)OCOCC(C)(C)C)C1C3C=CC(C3)C21. The van der Waals surface area contributed by atoms with Crippen molar-refractivity contribution in [3.8, 4) is 0 Å². The minimum Gasteiger partial charge on any atom is -0.438 e. The van der Waals surface area contributed by atoms with Gasteiger partial charge in [-0.3, -0.25) is 4.79 Å². The van der Waals surface area contributed by atoms with Crippen LogP contribution in [0.1, 0.15) is 34.1 Å². The minimum absolute atomic E-state index is 0.0510. The summed E-state index contributed by atoms with van der Waals surface area (Å²) in [6.45, 7) is 9.09. The van der Waals surface area contributed by atoms with Crippen molar-refractivity contribution in [3.05, 3.63) is 12.2 Å². The van der Waals surface area contributed by atoms with Crippen LogP contribution >= 0.6 is 0 Å². The van der Waals surface area contributed by atoms with Gasteiger partial charge in [0.2, 0.25) is 0 Å². The summed E-state index contributed by atoms with van der Waals surface area (Å²) in [5, 5.41) is 0. The van der Waals surface area contributed by atoms with E-state index in [0.29, 0.717) is 30.3 Å². The van der Waals surface area contributed by atoms with E-state index in [1.807, 2.05) is 0 Å². The molecule has 4 bridgehead atoms. The molecule has 0 radical (unpaired) electrons. The number of ether oxygens (including phenoxy) is 3. The zero-order chi connectivity index (χ0) is 16.4. The van der Waals surface area contributed by atoms with Crippen LogP contribution in [0.4, 0.5) is 0 Å². The monoisotopic (exact) mass is 320 g/mol. The highest BCUT2D eigenvalue weighted by molar-refractivity contribution is 5.74. The molecule has 2 heterocycles. The Morgan fingerprint density at radius 1 is 1.17 bits per heavy atom. The Morgan fingerprint density at radius 2 is 1.83 bits per heavy atom. The number of carbonyl (C=O) groups excluding carboxylic acids is 1. The van der Waals surface area contributed by atoms with Crippen molar-refractivity contribution in [1.29, 1.82) is 0 Å². The second-order valence-corrected chi connectivity index (χ2v) is 9.04. The van der Waals surface area contributed by atoms with Crippen LogP contribution < -0.4 is 0 Å². The molecule has 4 heteroatoms. The average molecular weight is 320 g/mol. The highest BCUT2D eigenvalue weighted by Crippen LogP contribution is 2.63. The van der Waals surface area contributed by atoms with Gasteiger partial charge in [0.1, 0.15) is 0 Å². The Labute approximate surface area is 138 Å². The van der Waals surface area contributed by atoms with E-state index in [0.717, 1.165) is 0 Å². The van der Waals surface area contributed by atoms with Gasteiger partial charge in [-0.1, -0.05) is 39.8 Å². The third kappa shape index (κ3) is 2.45. The van der Waals surface area contributed by atoms with Crippen molar-refractivity contribution in [2.45, 2.75) is 46.3 Å². The third-order valence-electron chi connectivity index (χ3n) is 6.19. The summed E-state index contributed by atoms with van der Waals surface area (Å²) in [4.78, 5) is 12.6. The van der Waals surface area contributed by atoms with Crippen LogP contribution in [0.25, 0.3) is 0 Å². The van der Waals surface area contributed by atoms with E-state index < -0.39 is 0 Å². The predicted octanol–water partition coefficient (Wildman–Crippen LogP) is 3.02. The first-order valence-corrected chi connectivity index (χ1v) is 8.95. The topological polar surface area (TPSA) is 44.8 Å². The summed E-state index contributed by atoms with van der Waals surface area (Å²) in [6, 6.07) is 0. The molecule has 3 fully saturated rings. The second kappa shape index (κ2) is 5.32. The maximum Gasteiger partial charge on any atom is 0.314 e. The zero-order valence-corrected chi connectivity index (χ0v) is 14.5. The van der Waals surface area contributed by atoms with Crippen molar-refractivity contribution >= 4 is 5.97 Å². The van der Waals surface area contributed by atoms with Gasteiger partial charge in [0.05, 0.1) is 24.7 Å². The highest BCUT2D eigenvalue weighted by atomic mass is 16.7. The lowest BCUT2D eigenvalue weighted by Gasteiger charge is -2.36. The third-order valence-corrected chi connectivity index (χ3v) is 6.19. The van der Waals surface area contributed by atoms with Gasteiger partial charge in [-0.2, -0.15) is 0 Å². The van der Waals surface area contributed by atoms with Crippen LogP contribution in [0.3, 0.4) is 0 Å². The molecular weight excluding hydrogens is 292 g/mol. The molecule has 2 aliphatic heterocycles. The molecule has 4 aliphatic rings. The molecule has 8 atom stereocenters. The number of carbonyl (C=O) groups is 1. The van der Waals surface area contributed by atoms with Crippen LogP contribution in [0.2, 0.25) is 0 Å². The van der Waals surface area contributed by atoms with Crippen molar-refractivity contribution in [1.82, 2.24) is 0 Å². The predicted molar refractivity (Wildman–Crippen MR) is 85.4 cm³/mol. The fourth-order valence-electron chi connectivity index (χ4n) is 5.38. The first-order valence-electron chi connectivity index (χ1n) is 8.95.